The van der Waals surface area contributed by atoms with E-state index in [1.807, 2.05) is 59.5 Å². The van der Waals surface area contributed by atoms with Crippen LogP contribution in [0, 0.1) is 11.8 Å². The van der Waals surface area contributed by atoms with Crippen molar-refractivity contribution >= 4 is 6.09 Å². The number of amides is 1. The van der Waals surface area contributed by atoms with Gasteiger partial charge in [0.25, 0.3) is 0 Å². The molecule has 0 unspecified atom stereocenters. The highest BCUT2D eigenvalue weighted by Crippen LogP contribution is 2.40. The molecule has 4 rings (SSSR count). The van der Waals surface area contributed by atoms with Gasteiger partial charge in [-0.25, -0.2) is 4.79 Å². The molecule has 2 aromatic rings. The molecule has 2 fully saturated rings. The van der Waals surface area contributed by atoms with Crippen LogP contribution in [0.5, 0.6) is 11.5 Å². The van der Waals surface area contributed by atoms with Gasteiger partial charge in [-0.1, -0.05) is 30.3 Å². The van der Waals surface area contributed by atoms with E-state index >= 15 is 0 Å². The number of carbonyl (C=O) groups is 1. The summed E-state index contributed by atoms with van der Waals surface area (Å²) in [7, 11) is 1.66. The molecule has 27 heavy (non-hydrogen) atoms. The van der Waals surface area contributed by atoms with Gasteiger partial charge in [0, 0.05) is 13.1 Å². The maximum Gasteiger partial charge on any atom is 0.410 e. The molecular weight excluding hydrogens is 342 g/mol. The maximum atomic E-state index is 12.3. The van der Waals surface area contributed by atoms with E-state index in [4.69, 9.17) is 14.2 Å². The van der Waals surface area contributed by atoms with E-state index in [-0.39, 0.29) is 12.2 Å². The van der Waals surface area contributed by atoms with E-state index in [0.717, 1.165) is 43.0 Å². The van der Waals surface area contributed by atoms with E-state index < -0.39 is 0 Å². The molecule has 1 saturated carbocycles. The van der Waals surface area contributed by atoms with E-state index in [1.165, 1.54) is 0 Å². The first-order valence-corrected chi connectivity index (χ1v) is 9.47. The molecular formula is C22H25NO4. The molecule has 3 atom stereocenters. The van der Waals surface area contributed by atoms with Gasteiger partial charge in [0.05, 0.1) is 13.2 Å². The summed E-state index contributed by atoms with van der Waals surface area (Å²) in [5, 5.41) is 0. The molecule has 142 valence electrons. The van der Waals surface area contributed by atoms with Crippen LogP contribution in [0.15, 0.2) is 54.6 Å². The Kier molecular flexibility index (Phi) is 5.19. The van der Waals surface area contributed by atoms with Crippen LogP contribution in [-0.2, 0) is 11.3 Å². The van der Waals surface area contributed by atoms with Gasteiger partial charge in [-0.15, -0.1) is 0 Å². The molecule has 0 spiro atoms. The third kappa shape index (κ3) is 4.18. The largest absolute Gasteiger partial charge is 0.497 e. The first kappa shape index (κ1) is 17.7. The van der Waals surface area contributed by atoms with Crippen LogP contribution in [0.2, 0.25) is 0 Å². The van der Waals surface area contributed by atoms with Crippen molar-refractivity contribution in [2.45, 2.75) is 25.6 Å². The molecule has 5 nitrogen and oxygen atoms in total. The number of carbonyl (C=O) groups excluding carboxylic acids is 1. The summed E-state index contributed by atoms with van der Waals surface area (Å²) in [6.07, 6.45) is 1.98. The van der Waals surface area contributed by atoms with E-state index in [1.54, 1.807) is 7.11 Å². The van der Waals surface area contributed by atoms with Crippen LogP contribution in [0.3, 0.4) is 0 Å². The van der Waals surface area contributed by atoms with Gasteiger partial charge in [0.15, 0.2) is 0 Å². The number of nitrogens with zero attached hydrogens (tertiary/aromatic N) is 1. The highest BCUT2D eigenvalue weighted by atomic mass is 16.6. The second-order valence-corrected chi connectivity index (χ2v) is 7.35. The first-order chi connectivity index (χ1) is 13.2. The molecule has 0 aromatic heterocycles. The number of hydrogen-bond acceptors (Lipinski definition) is 4. The predicted octanol–water partition coefficient (Wildman–Crippen LogP) is 4.12. The van der Waals surface area contributed by atoms with Crippen molar-refractivity contribution in [2.75, 3.05) is 20.2 Å². The van der Waals surface area contributed by atoms with Gasteiger partial charge in [-0.05, 0) is 54.5 Å². The highest BCUT2D eigenvalue weighted by Gasteiger charge is 2.43. The minimum atomic E-state index is -0.208. The molecule has 1 heterocycles. The maximum absolute atomic E-state index is 12.3. The SMILES string of the molecule is COc1ccc(O[C@@H]2C[C@@H]3CN(C(=O)OCc4ccccc4)C[C@@H]3C2)cc1. The minimum Gasteiger partial charge on any atom is -0.497 e. The van der Waals surface area contributed by atoms with Crippen molar-refractivity contribution < 1.29 is 19.0 Å². The predicted molar refractivity (Wildman–Crippen MR) is 102 cm³/mol. The summed E-state index contributed by atoms with van der Waals surface area (Å²) >= 11 is 0. The van der Waals surface area contributed by atoms with E-state index in [2.05, 4.69) is 0 Å². The summed E-state index contributed by atoms with van der Waals surface area (Å²) < 4.78 is 16.8. The Morgan fingerprint density at radius 3 is 2.22 bits per heavy atom. The van der Waals surface area contributed by atoms with Gasteiger partial charge >= 0.3 is 6.09 Å². The van der Waals surface area contributed by atoms with Gasteiger partial charge < -0.3 is 19.1 Å². The third-order valence-electron chi connectivity index (χ3n) is 5.53. The van der Waals surface area contributed by atoms with Crippen LogP contribution in [0.4, 0.5) is 4.79 Å². The molecule has 1 aliphatic heterocycles. The fraction of sp³-hybridized carbons (Fsp3) is 0.409. The Morgan fingerprint density at radius 2 is 1.59 bits per heavy atom. The number of benzene rings is 2. The second kappa shape index (κ2) is 7.91. The van der Waals surface area contributed by atoms with Crippen molar-refractivity contribution in [3.8, 4) is 11.5 Å². The third-order valence-corrected chi connectivity index (χ3v) is 5.53. The molecule has 2 aromatic carbocycles. The molecule has 1 saturated heterocycles. The highest BCUT2D eigenvalue weighted by molar-refractivity contribution is 5.68. The first-order valence-electron chi connectivity index (χ1n) is 9.47. The normalized spacial score (nSPS) is 23.7. The molecule has 5 heteroatoms. The topological polar surface area (TPSA) is 48.0 Å². The Bertz CT molecular complexity index is 748. The number of ether oxygens (including phenoxy) is 3. The summed E-state index contributed by atoms with van der Waals surface area (Å²) in [5.41, 5.74) is 1.01. The van der Waals surface area contributed by atoms with Crippen molar-refractivity contribution in [2.24, 2.45) is 11.8 Å². The molecule has 1 aliphatic carbocycles. The average Bonchev–Trinajstić information content (AvgIpc) is 3.26. The zero-order valence-electron chi connectivity index (χ0n) is 15.5. The number of hydrogen-bond donors (Lipinski definition) is 0. The lowest BCUT2D eigenvalue weighted by atomic mass is 10.0. The Hall–Kier alpha value is -2.69. The van der Waals surface area contributed by atoms with Crippen molar-refractivity contribution in [3.63, 3.8) is 0 Å². The summed E-state index contributed by atoms with van der Waals surface area (Å²) in [6, 6.07) is 17.5. The van der Waals surface area contributed by atoms with Crippen LogP contribution < -0.4 is 9.47 Å². The van der Waals surface area contributed by atoms with Gasteiger partial charge in [-0.3, -0.25) is 0 Å². The molecule has 0 radical (unpaired) electrons. The van der Waals surface area contributed by atoms with E-state index in [0.29, 0.717) is 18.4 Å². The summed E-state index contributed by atoms with van der Waals surface area (Å²) in [4.78, 5) is 14.2. The molecule has 0 N–H and O–H groups in total. The fourth-order valence-electron chi connectivity index (χ4n) is 4.15. The van der Waals surface area contributed by atoms with Crippen molar-refractivity contribution in [1.29, 1.82) is 0 Å². The van der Waals surface area contributed by atoms with Gasteiger partial charge in [0.2, 0.25) is 0 Å². The second-order valence-electron chi connectivity index (χ2n) is 7.35. The minimum absolute atomic E-state index is 0.208. The summed E-state index contributed by atoms with van der Waals surface area (Å²) in [6.45, 7) is 1.86. The van der Waals surface area contributed by atoms with Crippen LogP contribution in [-0.4, -0.2) is 37.3 Å². The Labute approximate surface area is 159 Å². The van der Waals surface area contributed by atoms with Crippen LogP contribution in [0.1, 0.15) is 18.4 Å². The Morgan fingerprint density at radius 1 is 0.963 bits per heavy atom. The molecule has 0 bridgehead atoms. The fourth-order valence-corrected chi connectivity index (χ4v) is 4.15. The lowest BCUT2D eigenvalue weighted by Crippen LogP contribution is -2.31. The number of methoxy groups -OCH3 is 1. The standard InChI is InChI=1S/C22H25NO4/c1-25-19-7-9-20(10-8-19)27-21-11-17-13-23(14-18(17)12-21)22(24)26-15-16-5-3-2-4-6-16/h2-10,17-18,21H,11-15H2,1H3/t17-,18+,21-. The monoisotopic (exact) mass is 367 g/mol. The van der Waals surface area contributed by atoms with Gasteiger partial charge in [-0.2, -0.15) is 0 Å². The molecule has 1 amide bonds. The van der Waals surface area contributed by atoms with Crippen molar-refractivity contribution in [1.82, 2.24) is 4.90 Å². The van der Waals surface area contributed by atoms with E-state index in [9.17, 15) is 4.79 Å². The lowest BCUT2D eigenvalue weighted by molar-refractivity contribution is 0.0986. The number of fused-ring (bicyclic) bond motifs is 1. The van der Waals surface area contributed by atoms with Crippen molar-refractivity contribution in [3.05, 3.63) is 60.2 Å². The van der Waals surface area contributed by atoms with Crippen LogP contribution in [0.25, 0.3) is 0 Å². The number of likely N-dealkylation sites (tertiary alicyclic amines) is 1. The number of rotatable bonds is 5. The zero-order valence-corrected chi connectivity index (χ0v) is 15.5. The Balaban J connectivity index is 1.24. The average molecular weight is 367 g/mol. The van der Waals surface area contributed by atoms with Crippen LogP contribution >= 0.6 is 0 Å². The zero-order chi connectivity index (χ0) is 18.6. The quantitative estimate of drug-likeness (QED) is 0.798. The summed E-state index contributed by atoms with van der Waals surface area (Å²) in [5.74, 6) is 2.70. The lowest BCUT2D eigenvalue weighted by Gasteiger charge is -2.20. The molecule has 2 aliphatic rings. The smallest absolute Gasteiger partial charge is 0.410 e. The van der Waals surface area contributed by atoms with Gasteiger partial charge in [0.1, 0.15) is 18.1 Å².